The van der Waals surface area contributed by atoms with Crippen LogP contribution in [0.2, 0.25) is 0 Å². The van der Waals surface area contributed by atoms with Gasteiger partial charge in [0.25, 0.3) is 5.91 Å². The summed E-state index contributed by atoms with van der Waals surface area (Å²) < 4.78 is 19.1. The monoisotopic (exact) mass is 584 g/mol. The van der Waals surface area contributed by atoms with Crippen molar-refractivity contribution in [2.24, 2.45) is 5.73 Å². The van der Waals surface area contributed by atoms with Crippen LogP contribution in [0.1, 0.15) is 22.2 Å². The number of hydrogen-bond acceptors (Lipinski definition) is 9. The largest absolute Gasteiger partial charge is 0.484 e. The van der Waals surface area contributed by atoms with Gasteiger partial charge < -0.3 is 26.4 Å². The molecule has 0 bridgehead atoms. The van der Waals surface area contributed by atoms with Crippen LogP contribution in [-0.4, -0.2) is 40.2 Å². The van der Waals surface area contributed by atoms with E-state index >= 15 is 0 Å². The molecule has 2 heterocycles. The Morgan fingerprint density at radius 3 is 2.50 bits per heavy atom. The van der Waals surface area contributed by atoms with E-state index < -0.39 is 23.5 Å². The summed E-state index contributed by atoms with van der Waals surface area (Å²) in [5, 5.41) is 3.94. The molecule has 2 aromatic heterocycles. The van der Waals surface area contributed by atoms with Gasteiger partial charge in [0.2, 0.25) is 11.7 Å². The molecule has 0 fully saturated rings. The van der Waals surface area contributed by atoms with Gasteiger partial charge in [-0.15, -0.1) is 0 Å². The van der Waals surface area contributed by atoms with E-state index in [0.717, 1.165) is 22.2 Å². The van der Waals surface area contributed by atoms with Crippen molar-refractivity contribution >= 4 is 62.2 Å². The quantitative estimate of drug-likeness (QED) is 0.200. The maximum atomic E-state index is 13.5. The number of fused-ring (bicyclic) bond motifs is 1. The van der Waals surface area contributed by atoms with Crippen LogP contribution in [0, 0.1) is 5.82 Å². The Balaban J connectivity index is 1.26. The van der Waals surface area contributed by atoms with Gasteiger partial charge in [0.05, 0.1) is 5.52 Å². The van der Waals surface area contributed by atoms with E-state index in [2.05, 4.69) is 15.3 Å². The maximum Gasteiger partial charge on any atom is 0.262 e. The summed E-state index contributed by atoms with van der Waals surface area (Å²) in [6, 6.07) is 20.0. The molecule has 12 heteroatoms. The lowest BCUT2D eigenvalue weighted by atomic mass is 10.1. The number of carbonyl (C=O) groups is 3. The third-order valence-corrected chi connectivity index (χ3v) is 7.40. The van der Waals surface area contributed by atoms with E-state index in [0.29, 0.717) is 22.7 Å². The van der Waals surface area contributed by atoms with Crippen molar-refractivity contribution in [1.29, 1.82) is 0 Å². The Morgan fingerprint density at radius 2 is 1.79 bits per heavy atom. The fourth-order valence-corrected chi connectivity index (χ4v) is 5.20. The van der Waals surface area contributed by atoms with Gasteiger partial charge in [-0.1, -0.05) is 17.4 Å². The van der Waals surface area contributed by atoms with Crippen LogP contribution >= 0.6 is 11.3 Å². The van der Waals surface area contributed by atoms with Crippen molar-refractivity contribution in [3.05, 3.63) is 101 Å². The summed E-state index contributed by atoms with van der Waals surface area (Å²) in [6.07, 6.45) is 1.70. The molecule has 42 heavy (non-hydrogen) atoms. The zero-order valence-electron chi connectivity index (χ0n) is 22.3. The topological polar surface area (TPSA) is 154 Å². The zero-order valence-corrected chi connectivity index (χ0v) is 23.1. The predicted octanol–water partition coefficient (Wildman–Crippen LogP) is 4.67. The molecule has 0 aliphatic heterocycles. The summed E-state index contributed by atoms with van der Waals surface area (Å²) in [5.74, 6) is -1.46. The molecule has 3 aromatic carbocycles. The number of thiazole rings is 1. The van der Waals surface area contributed by atoms with Gasteiger partial charge in [-0.2, -0.15) is 0 Å². The highest BCUT2D eigenvalue weighted by molar-refractivity contribution is 7.18. The van der Waals surface area contributed by atoms with Crippen molar-refractivity contribution in [3.8, 4) is 5.75 Å². The molecule has 0 saturated heterocycles. The second-order valence-electron chi connectivity index (χ2n) is 9.24. The van der Waals surface area contributed by atoms with Crippen molar-refractivity contribution in [1.82, 2.24) is 9.97 Å². The van der Waals surface area contributed by atoms with Gasteiger partial charge in [-0.05, 0) is 79.7 Å². The minimum Gasteiger partial charge on any atom is -0.484 e. The average Bonchev–Trinajstić information content (AvgIpc) is 3.37. The summed E-state index contributed by atoms with van der Waals surface area (Å²) >= 11 is 0.986. The van der Waals surface area contributed by atoms with Crippen LogP contribution in [0.25, 0.3) is 10.9 Å². The molecular formula is C30H25FN6O4S. The smallest absolute Gasteiger partial charge is 0.262 e. The van der Waals surface area contributed by atoms with Crippen LogP contribution in [0.3, 0.4) is 0 Å². The number of aromatic nitrogens is 2. The van der Waals surface area contributed by atoms with E-state index in [9.17, 15) is 18.8 Å². The first-order valence-corrected chi connectivity index (χ1v) is 13.5. The molecular weight excluding hydrogens is 559 g/mol. The first kappa shape index (κ1) is 28.2. The molecule has 0 radical (unpaired) electrons. The standard InChI is InChI=1S/C30H25FN6O4S/c1-17(29(33)40)37(22-9-6-20(31)7-10-22)30-36-28(32)27(42-30)26(39)18-4-11-23(12-5-18)41-16-25(38)35-21-8-13-24-19(15-21)3-2-14-34-24/h2-15,17H,16,32H2,1H3,(H2,33,40)(H,35,38). The van der Waals surface area contributed by atoms with Gasteiger partial charge >= 0.3 is 0 Å². The first-order valence-electron chi connectivity index (χ1n) is 12.7. The summed E-state index contributed by atoms with van der Waals surface area (Å²) in [5.41, 5.74) is 13.9. The van der Waals surface area contributed by atoms with E-state index in [4.69, 9.17) is 16.2 Å². The second-order valence-corrected chi connectivity index (χ2v) is 10.2. The lowest BCUT2D eigenvalue weighted by Crippen LogP contribution is -2.39. The number of rotatable bonds is 10. The average molecular weight is 585 g/mol. The third-order valence-electron chi connectivity index (χ3n) is 6.33. The molecule has 1 unspecified atom stereocenters. The Morgan fingerprint density at radius 1 is 1.05 bits per heavy atom. The summed E-state index contributed by atoms with van der Waals surface area (Å²) in [4.78, 5) is 47.9. The number of nitrogens with zero attached hydrogens (tertiary/aromatic N) is 3. The maximum absolute atomic E-state index is 13.5. The van der Waals surface area contributed by atoms with Crippen molar-refractivity contribution in [2.75, 3.05) is 22.6 Å². The normalized spacial score (nSPS) is 11.6. The van der Waals surface area contributed by atoms with Crippen LogP contribution < -0.4 is 26.4 Å². The van der Waals surface area contributed by atoms with Gasteiger partial charge in [0.15, 0.2) is 11.7 Å². The number of pyridine rings is 1. The number of benzene rings is 3. The summed E-state index contributed by atoms with van der Waals surface area (Å²) in [6.45, 7) is 1.34. The fourth-order valence-electron chi connectivity index (χ4n) is 4.15. The molecule has 0 saturated carbocycles. The SMILES string of the molecule is CC(C(N)=O)N(c1ccc(F)cc1)c1nc(N)c(C(=O)c2ccc(OCC(=O)Nc3ccc4ncccc4c3)cc2)s1. The van der Waals surface area contributed by atoms with Crippen molar-refractivity contribution in [2.45, 2.75) is 13.0 Å². The molecule has 0 spiro atoms. The number of amides is 2. The van der Waals surface area contributed by atoms with E-state index in [1.54, 1.807) is 43.5 Å². The first-order chi connectivity index (χ1) is 20.2. The molecule has 5 aromatic rings. The van der Waals surface area contributed by atoms with E-state index in [-0.39, 0.29) is 28.3 Å². The number of carbonyl (C=O) groups excluding carboxylic acids is 3. The molecule has 5 rings (SSSR count). The minimum absolute atomic E-state index is 0.0229. The van der Waals surface area contributed by atoms with E-state index in [1.165, 1.54) is 29.2 Å². The molecule has 1 atom stereocenters. The van der Waals surface area contributed by atoms with E-state index in [1.807, 2.05) is 24.3 Å². The highest BCUT2D eigenvalue weighted by Gasteiger charge is 2.27. The predicted molar refractivity (Wildman–Crippen MR) is 159 cm³/mol. The molecule has 10 nitrogen and oxygen atoms in total. The number of anilines is 4. The number of ketones is 1. The van der Waals surface area contributed by atoms with Crippen LogP contribution in [0.5, 0.6) is 5.75 Å². The number of nitrogen functional groups attached to an aromatic ring is 1. The molecule has 0 aliphatic rings. The highest BCUT2D eigenvalue weighted by Crippen LogP contribution is 2.36. The number of primary amides is 1. The van der Waals surface area contributed by atoms with Gasteiger partial charge in [0, 0.05) is 28.5 Å². The number of halogens is 1. The third kappa shape index (κ3) is 6.18. The Kier molecular flexibility index (Phi) is 8.07. The number of hydrogen-bond donors (Lipinski definition) is 3. The lowest BCUT2D eigenvalue weighted by molar-refractivity contribution is -0.119. The molecule has 5 N–H and O–H groups in total. The number of nitrogens with one attached hydrogen (secondary N) is 1. The second kappa shape index (κ2) is 12.0. The Bertz CT molecular complexity index is 1780. The zero-order chi connectivity index (χ0) is 29.8. The number of ether oxygens (including phenoxy) is 1. The lowest BCUT2D eigenvalue weighted by Gasteiger charge is -2.26. The van der Waals surface area contributed by atoms with Crippen LogP contribution in [0.4, 0.5) is 26.7 Å². The Labute approximate surface area is 243 Å². The van der Waals surface area contributed by atoms with Gasteiger partial charge in [0.1, 0.15) is 28.3 Å². The molecule has 212 valence electrons. The summed E-state index contributed by atoms with van der Waals surface area (Å²) in [7, 11) is 0. The van der Waals surface area contributed by atoms with Crippen molar-refractivity contribution in [3.63, 3.8) is 0 Å². The Hall–Kier alpha value is -5.36. The molecule has 2 amide bonds. The van der Waals surface area contributed by atoms with Crippen LogP contribution in [0.15, 0.2) is 85.1 Å². The van der Waals surface area contributed by atoms with Gasteiger partial charge in [-0.25, -0.2) is 9.37 Å². The highest BCUT2D eigenvalue weighted by atomic mass is 32.1. The van der Waals surface area contributed by atoms with Gasteiger partial charge in [-0.3, -0.25) is 19.4 Å². The molecule has 0 aliphatic carbocycles. The number of nitrogens with two attached hydrogens (primary N) is 2. The fraction of sp³-hybridized carbons (Fsp3) is 0.100. The van der Waals surface area contributed by atoms with Crippen molar-refractivity contribution < 1.29 is 23.5 Å². The minimum atomic E-state index is -0.851. The van der Waals surface area contributed by atoms with Crippen LogP contribution in [-0.2, 0) is 9.59 Å².